The van der Waals surface area contributed by atoms with Crippen LogP contribution in [0, 0.1) is 5.92 Å². The summed E-state index contributed by atoms with van der Waals surface area (Å²) in [4.78, 5) is 11.8. The van der Waals surface area contributed by atoms with Crippen molar-refractivity contribution in [3.05, 3.63) is 29.8 Å². The highest BCUT2D eigenvalue weighted by atomic mass is 16.6. The number of para-hydroxylation sites is 1. The fourth-order valence-corrected chi connectivity index (χ4v) is 2.04. The first-order valence-corrected chi connectivity index (χ1v) is 8.04. The molecule has 0 saturated carbocycles. The smallest absolute Gasteiger partial charge is 0.407 e. The van der Waals surface area contributed by atoms with Crippen molar-refractivity contribution in [2.24, 2.45) is 5.92 Å². The predicted octanol–water partition coefficient (Wildman–Crippen LogP) is 4.56. The standard InChI is InChI=1S/C18H30N2O2/c1-7-13(2)14(3)20-16-11-9-8-10-15(16)12-19-17(21)22-18(4,5)6/h8-11,13-14,20H,7,12H2,1-6H3,(H,19,21). The predicted molar refractivity (Wildman–Crippen MR) is 92.1 cm³/mol. The number of nitrogens with one attached hydrogen (secondary N) is 2. The number of hydrogen-bond acceptors (Lipinski definition) is 3. The van der Waals surface area contributed by atoms with E-state index in [0.717, 1.165) is 17.7 Å². The molecule has 124 valence electrons. The Morgan fingerprint density at radius 2 is 1.86 bits per heavy atom. The van der Waals surface area contributed by atoms with Crippen molar-refractivity contribution >= 4 is 11.8 Å². The first kappa shape index (κ1) is 18.3. The number of carbonyl (C=O) groups excluding carboxylic acids is 1. The number of hydrogen-bond donors (Lipinski definition) is 2. The van der Waals surface area contributed by atoms with Crippen molar-refractivity contribution in [1.82, 2.24) is 5.32 Å². The lowest BCUT2D eigenvalue weighted by Crippen LogP contribution is -2.32. The molecule has 1 aromatic carbocycles. The van der Waals surface area contributed by atoms with Gasteiger partial charge in [-0.15, -0.1) is 0 Å². The Morgan fingerprint density at radius 1 is 1.23 bits per heavy atom. The van der Waals surface area contributed by atoms with Gasteiger partial charge in [0.2, 0.25) is 0 Å². The maximum atomic E-state index is 11.8. The number of ether oxygens (including phenoxy) is 1. The van der Waals surface area contributed by atoms with Crippen molar-refractivity contribution in [1.29, 1.82) is 0 Å². The Labute approximate surface area is 134 Å². The summed E-state index contributed by atoms with van der Waals surface area (Å²) in [6.07, 6.45) is 0.740. The first-order chi connectivity index (χ1) is 10.2. The van der Waals surface area contributed by atoms with Crippen LogP contribution in [0.4, 0.5) is 10.5 Å². The molecule has 1 aromatic rings. The zero-order valence-electron chi connectivity index (χ0n) is 14.7. The monoisotopic (exact) mass is 306 g/mol. The molecule has 4 nitrogen and oxygen atoms in total. The van der Waals surface area contributed by atoms with Crippen LogP contribution in [0.5, 0.6) is 0 Å². The molecule has 0 saturated heterocycles. The third kappa shape index (κ3) is 6.37. The third-order valence-electron chi connectivity index (χ3n) is 3.72. The molecular formula is C18H30N2O2. The Kier molecular flexibility index (Phi) is 6.72. The number of carbonyl (C=O) groups is 1. The molecule has 2 N–H and O–H groups in total. The van der Waals surface area contributed by atoms with E-state index in [4.69, 9.17) is 4.74 Å². The Balaban J connectivity index is 2.66. The Morgan fingerprint density at radius 3 is 2.45 bits per heavy atom. The van der Waals surface area contributed by atoms with E-state index in [9.17, 15) is 4.79 Å². The molecule has 0 heterocycles. The molecule has 2 atom stereocenters. The van der Waals surface area contributed by atoms with E-state index in [1.807, 2.05) is 45.0 Å². The van der Waals surface area contributed by atoms with Crippen LogP contribution in [0.1, 0.15) is 53.5 Å². The van der Waals surface area contributed by atoms with Gasteiger partial charge >= 0.3 is 6.09 Å². The van der Waals surface area contributed by atoms with Crippen molar-refractivity contribution < 1.29 is 9.53 Å². The highest BCUT2D eigenvalue weighted by Gasteiger charge is 2.16. The van der Waals surface area contributed by atoms with Crippen molar-refractivity contribution in [3.63, 3.8) is 0 Å². The van der Waals surface area contributed by atoms with Crippen LogP contribution in [0.25, 0.3) is 0 Å². The van der Waals surface area contributed by atoms with Gasteiger partial charge in [-0.25, -0.2) is 4.79 Å². The summed E-state index contributed by atoms with van der Waals surface area (Å²) in [7, 11) is 0. The maximum absolute atomic E-state index is 11.8. The fourth-order valence-electron chi connectivity index (χ4n) is 2.04. The van der Waals surface area contributed by atoms with Gasteiger partial charge in [-0.3, -0.25) is 0 Å². The summed E-state index contributed by atoms with van der Waals surface area (Å²) in [5.41, 5.74) is 1.64. The lowest BCUT2D eigenvalue weighted by molar-refractivity contribution is 0.0523. The molecule has 22 heavy (non-hydrogen) atoms. The fraction of sp³-hybridized carbons (Fsp3) is 0.611. The third-order valence-corrected chi connectivity index (χ3v) is 3.72. The van der Waals surface area contributed by atoms with Crippen LogP contribution in [0.3, 0.4) is 0 Å². The molecule has 0 aliphatic carbocycles. The first-order valence-electron chi connectivity index (χ1n) is 8.04. The van der Waals surface area contributed by atoms with Crippen LogP contribution >= 0.6 is 0 Å². The molecule has 1 rings (SSSR count). The van der Waals surface area contributed by atoms with Crippen molar-refractivity contribution in [2.45, 2.75) is 66.2 Å². The van der Waals surface area contributed by atoms with Gasteiger partial charge in [-0.2, -0.15) is 0 Å². The van der Waals surface area contributed by atoms with E-state index in [0.29, 0.717) is 18.5 Å². The topological polar surface area (TPSA) is 50.4 Å². The molecular weight excluding hydrogens is 276 g/mol. The van der Waals surface area contributed by atoms with E-state index in [1.165, 1.54) is 0 Å². The van der Waals surface area contributed by atoms with Crippen LogP contribution in [-0.2, 0) is 11.3 Å². The normalized spacial score (nSPS) is 14.1. The van der Waals surface area contributed by atoms with Gasteiger partial charge in [0.05, 0.1) is 0 Å². The zero-order chi connectivity index (χ0) is 16.8. The van der Waals surface area contributed by atoms with E-state index in [1.54, 1.807) is 0 Å². The molecule has 0 aliphatic heterocycles. The molecule has 0 spiro atoms. The second kappa shape index (κ2) is 8.06. The van der Waals surface area contributed by atoms with Gasteiger partial charge in [0.15, 0.2) is 0 Å². The van der Waals surface area contributed by atoms with E-state index in [2.05, 4.69) is 31.4 Å². The van der Waals surface area contributed by atoms with Crippen LogP contribution < -0.4 is 10.6 Å². The summed E-state index contributed by atoms with van der Waals surface area (Å²) in [5, 5.41) is 6.35. The summed E-state index contributed by atoms with van der Waals surface area (Å²) in [5.74, 6) is 0.590. The van der Waals surface area contributed by atoms with Crippen molar-refractivity contribution in [3.8, 4) is 0 Å². The average molecular weight is 306 g/mol. The lowest BCUT2D eigenvalue weighted by atomic mass is 10.00. The van der Waals surface area contributed by atoms with E-state index >= 15 is 0 Å². The summed E-state index contributed by atoms with van der Waals surface area (Å²) in [6, 6.07) is 8.43. The summed E-state index contributed by atoms with van der Waals surface area (Å²) in [6.45, 7) is 12.6. The van der Waals surface area contributed by atoms with Gasteiger partial charge in [-0.05, 0) is 45.2 Å². The lowest BCUT2D eigenvalue weighted by Gasteiger charge is -2.23. The van der Waals surface area contributed by atoms with Gasteiger partial charge in [0.25, 0.3) is 0 Å². The highest BCUT2D eigenvalue weighted by molar-refractivity contribution is 5.68. The van der Waals surface area contributed by atoms with Gasteiger partial charge in [-0.1, -0.05) is 38.5 Å². The minimum absolute atomic E-state index is 0.382. The molecule has 0 aliphatic rings. The molecule has 1 amide bonds. The van der Waals surface area contributed by atoms with Gasteiger partial charge < -0.3 is 15.4 Å². The summed E-state index contributed by atoms with van der Waals surface area (Å²) >= 11 is 0. The Hall–Kier alpha value is -1.71. The molecule has 0 aromatic heterocycles. The van der Waals surface area contributed by atoms with Gasteiger partial charge in [0, 0.05) is 18.3 Å². The van der Waals surface area contributed by atoms with Gasteiger partial charge in [0.1, 0.15) is 5.60 Å². The SMILES string of the molecule is CCC(C)C(C)Nc1ccccc1CNC(=O)OC(C)(C)C. The zero-order valence-corrected chi connectivity index (χ0v) is 14.7. The van der Waals surface area contributed by atoms with Crippen LogP contribution in [-0.4, -0.2) is 17.7 Å². The quantitative estimate of drug-likeness (QED) is 0.810. The number of alkyl carbamates (subject to hydrolysis) is 1. The average Bonchev–Trinajstić information content (AvgIpc) is 2.43. The molecule has 0 bridgehead atoms. The number of rotatable bonds is 6. The second-order valence-corrected chi connectivity index (χ2v) is 6.83. The van der Waals surface area contributed by atoms with Crippen molar-refractivity contribution in [2.75, 3.05) is 5.32 Å². The molecule has 0 radical (unpaired) electrons. The highest BCUT2D eigenvalue weighted by Crippen LogP contribution is 2.19. The molecule has 4 heteroatoms. The Bertz CT molecular complexity index is 480. The number of anilines is 1. The molecule has 0 fully saturated rings. The van der Waals surface area contributed by atoms with E-state index < -0.39 is 11.7 Å². The summed E-state index contributed by atoms with van der Waals surface area (Å²) < 4.78 is 5.27. The molecule has 2 unspecified atom stereocenters. The minimum atomic E-state index is -0.479. The number of amides is 1. The van der Waals surface area contributed by atoms with Crippen LogP contribution in [0.15, 0.2) is 24.3 Å². The largest absolute Gasteiger partial charge is 0.444 e. The maximum Gasteiger partial charge on any atom is 0.407 e. The number of benzene rings is 1. The second-order valence-electron chi connectivity index (χ2n) is 6.83. The minimum Gasteiger partial charge on any atom is -0.444 e. The van der Waals surface area contributed by atoms with Crippen LogP contribution in [0.2, 0.25) is 0 Å². The van der Waals surface area contributed by atoms with E-state index in [-0.39, 0.29) is 0 Å².